The smallest absolute Gasteiger partial charge is 0.428 e. The van der Waals surface area contributed by atoms with E-state index in [1.165, 1.54) is 6.07 Å². The number of hydrogen-bond acceptors (Lipinski definition) is 7. The summed E-state index contributed by atoms with van der Waals surface area (Å²) in [5.74, 6) is -2.32. The van der Waals surface area contributed by atoms with Crippen LogP contribution in [0.5, 0.6) is 5.75 Å². The Kier molecular flexibility index (Phi) is 5.28. The highest BCUT2D eigenvalue weighted by Crippen LogP contribution is 2.56. The summed E-state index contributed by atoms with van der Waals surface area (Å²) in [4.78, 5) is 24.7. The van der Waals surface area contributed by atoms with Crippen LogP contribution in [0.25, 0.3) is 0 Å². The highest BCUT2D eigenvalue weighted by atomic mass is 32.2. The number of benzene rings is 2. The second-order valence-electron chi connectivity index (χ2n) is 8.80. The summed E-state index contributed by atoms with van der Waals surface area (Å²) in [6.45, 7) is 0.105. The number of carbonyl (C=O) groups is 2. The molecule has 34 heavy (non-hydrogen) atoms. The first kappa shape index (κ1) is 22.6. The summed E-state index contributed by atoms with van der Waals surface area (Å²) < 4.78 is 52.4. The molecule has 2 aromatic carbocycles. The molecule has 5 rings (SSSR count). The lowest BCUT2D eigenvalue weighted by atomic mass is 10.00. The Morgan fingerprint density at radius 1 is 1.18 bits per heavy atom. The molecule has 2 N–H and O–H groups in total. The Balaban J connectivity index is 1.69. The van der Waals surface area contributed by atoms with Crippen molar-refractivity contribution in [3.63, 3.8) is 0 Å². The number of fused-ring (bicyclic) bond motifs is 3. The fraction of sp³-hybridized carbons (Fsp3) is 0.391. The number of ether oxygens (including phenoxy) is 2. The Morgan fingerprint density at radius 2 is 1.94 bits per heavy atom. The first-order valence-electron chi connectivity index (χ1n) is 10.8. The van der Waals surface area contributed by atoms with Gasteiger partial charge in [-0.3, -0.25) is 0 Å². The molecule has 180 valence electrons. The third-order valence-electron chi connectivity index (χ3n) is 6.75. The van der Waals surface area contributed by atoms with Crippen LogP contribution in [-0.4, -0.2) is 51.0 Å². The SMILES string of the molecule is COC(=O)N(c1ccc2c(c1C(=O)O)OC[C@@H]1C[C@H]21)S(=O)(=O)c1ccc(F)cc1C1CC1CO. The van der Waals surface area contributed by atoms with E-state index in [0.29, 0.717) is 24.5 Å². The van der Waals surface area contributed by atoms with Gasteiger partial charge in [0, 0.05) is 12.5 Å². The summed E-state index contributed by atoms with van der Waals surface area (Å²) in [6.07, 6.45) is -0.0278. The van der Waals surface area contributed by atoms with E-state index in [-0.39, 0.29) is 39.0 Å². The predicted molar refractivity (Wildman–Crippen MR) is 116 cm³/mol. The van der Waals surface area contributed by atoms with Crippen molar-refractivity contribution >= 4 is 27.8 Å². The summed E-state index contributed by atoms with van der Waals surface area (Å²) in [6, 6.07) is 5.87. The number of aromatic carboxylic acids is 1. The number of sulfonamides is 1. The van der Waals surface area contributed by atoms with Crippen LogP contribution in [0.3, 0.4) is 0 Å². The molecule has 2 aromatic rings. The maximum Gasteiger partial charge on any atom is 0.428 e. The molecule has 0 bridgehead atoms. The van der Waals surface area contributed by atoms with Crippen molar-refractivity contribution in [2.45, 2.75) is 29.6 Å². The van der Waals surface area contributed by atoms with E-state index in [1.807, 2.05) is 0 Å². The van der Waals surface area contributed by atoms with Gasteiger partial charge in [-0.1, -0.05) is 6.07 Å². The maximum atomic E-state index is 14.0. The number of methoxy groups -OCH3 is 1. The van der Waals surface area contributed by atoms with E-state index in [1.54, 1.807) is 6.07 Å². The third kappa shape index (κ3) is 3.50. The fourth-order valence-corrected chi connectivity index (χ4v) is 6.42. The zero-order chi connectivity index (χ0) is 24.4. The van der Waals surface area contributed by atoms with Gasteiger partial charge in [0.2, 0.25) is 0 Å². The van der Waals surface area contributed by atoms with Crippen LogP contribution in [0.1, 0.15) is 46.2 Å². The van der Waals surface area contributed by atoms with Gasteiger partial charge in [0.15, 0.2) is 0 Å². The summed E-state index contributed by atoms with van der Waals surface area (Å²) in [5, 5.41) is 19.4. The zero-order valence-corrected chi connectivity index (χ0v) is 18.9. The molecule has 0 saturated heterocycles. The lowest BCUT2D eigenvalue weighted by Gasteiger charge is -2.27. The molecule has 11 heteroatoms. The number of nitrogens with zero attached hydrogens (tertiary/aromatic N) is 1. The first-order chi connectivity index (χ1) is 16.2. The highest BCUT2D eigenvalue weighted by molar-refractivity contribution is 7.93. The van der Waals surface area contributed by atoms with Gasteiger partial charge in [-0.15, -0.1) is 0 Å². The lowest BCUT2D eigenvalue weighted by molar-refractivity contribution is 0.0692. The molecule has 2 unspecified atom stereocenters. The minimum atomic E-state index is -4.74. The lowest BCUT2D eigenvalue weighted by Crippen LogP contribution is -2.38. The quantitative estimate of drug-likeness (QED) is 0.631. The number of anilines is 1. The molecule has 3 aliphatic rings. The molecule has 9 nitrogen and oxygen atoms in total. The number of rotatable bonds is 6. The van der Waals surface area contributed by atoms with E-state index in [2.05, 4.69) is 0 Å². The number of aliphatic hydroxyl groups excluding tert-OH is 1. The van der Waals surface area contributed by atoms with Crippen molar-refractivity contribution in [3.8, 4) is 5.75 Å². The minimum absolute atomic E-state index is 0.0368. The molecule has 1 heterocycles. The zero-order valence-electron chi connectivity index (χ0n) is 18.1. The monoisotopic (exact) mass is 491 g/mol. The molecular formula is C23H22FNO8S. The molecule has 0 aromatic heterocycles. The van der Waals surface area contributed by atoms with E-state index >= 15 is 0 Å². The van der Waals surface area contributed by atoms with Gasteiger partial charge in [0.25, 0.3) is 10.0 Å². The summed E-state index contributed by atoms with van der Waals surface area (Å²) in [7, 11) is -3.77. The van der Waals surface area contributed by atoms with E-state index < -0.39 is 45.1 Å². The number of hydrogen-bond donors (Lipinski definition) is 2. The van der Waals surface area contributed by atoms with Gasteiger partial charge < -0.3 is 19.7 Å². The van der Waals surface area contributed by atoms with Crippen molar-refractivity contribution < 1.29 is 42.1 Å². The number of aliphatic hydroxyl groups is 1. The van der Waals surface area contributed by atoms with Crippen LogP contribution in [0.15, 0.2) is 35.2 Å². The predicted octanol–water partition coefficient (Wildman–Crippen LogP) is 3.08. The maximum absolute atomic E-state index is 14.0. The van der Waals surface area contributed by atoms with Gasteiger partial charge in [-0.05, 0) is 66.0 Å². The molecule has 4 atom stereocenters. The van der Waals surface area contributed by atoms with Gasteiger partial charge in [-0.25, -0.2) is 22.4 Å². The van der Waals surface area contributed by atoms with Crippen molar-refractivity contribution in [1.29, 1.82) is 0 Å². The fourth-order valence-electron chi connectivity index (χ4n) is 4.80. The number of carboxylic acid groups (broad SMARTS) is 1. The van der Waals surface area contributed by atoms with Crippen LogP contribution < -0.4 is 9.04 Å². The van der Waals surface area contributed by atoms with Crippen LogP contribution in [0, 0.1) is 17.7 Å². The van der Waals surface area contributed by atoms with Crippen molar-refractivity contribution in [3.05, 3.63) is 52.8 Å². The van der Waals surface area contributed by atoms with Crippen molar-refractivity contribution in [1.82, 2.24) is 0 Å². The molecule has 0 radical (unpaired) electrons. The van der Waals surface area contributed by atoms with Crippen LogP contribution in [0.4, 0.5) is 14.9 Å². The molecule has 2 saturated carbocycles. The van der Waals surface area contributed by atoms with E-state index in [9.17, 15) is 32.6 Å². The highest BCUT2D eigenvalue weighted by Gasteiger charge is 2.48. The van der Waals surface area contributed by atoms with Gasteiger partial charge in [0.1, 0.15) is 17.1 Å². The Hall–Kier alpha value is -3.18. The molecule has 0 spiro atoms. The standard InChI is InChI=1S/C23H22FNO8S/c1-32-23(29)25(18-4-3-14-16-7-12(16)10-33-21(14)20(18)22(27)28)34(30,31)19-5-2-13(24)8-17(19)15-6-11(15)9-26/h2-5,8,11-12,15-16,26H,6-7,9-10H2,1H3,(H,27,28)/t11?,12-,15?,16-/m0/s1. The summed E-state index contributed by atoms with van der Waals surface area (Å²) >= 11 is 0. The average Bonchev–Trinajstić information content (AvgIpc) is 3.72. The molecule has 1 aliphatic heterocycles. The molecular weight excluding hydrogens is 469 g/mol. The second kappa shape index (κ2) is 7.95. The van der Waals surface area contributed by atoms with E-state index in [4.69, 9.17) is 9.47 Å². The number of amides is 1. The first-order valence-corrected chi connectivity index (χ1v) is 12.2. The van der Waals surface area contributed by atoms with Crippen LogP contribution in [-0.2, 0) is 14.8 Å². The number of halogens is 1. The Morgan fingerprint density at radius 3 is 2.59 bits per heavy atom. The van der Waals surface area contributed by atoms with Gasteiger partial charge >= 0.3 is 12.1 Å². The van der Waals surface area contributed by atoms with Crippen LogP contribution >= 0.6 is 0 Å². The molecule has 2 aliphatic carbocycles. The molecule has 2 fully saturated rings. The average molecular weight is 491 g/mol. The van der Waals surface area contributed by atoms with E-state index in [0.717, 1.165) is 31.7 Å². The number of carboxylic acids is 1. The van der Waals surface area contributed by atoms with Gasteiger partial charge in [-0.2, -0.15) is 4.31 Å². The normalized spacial score (nSPS) is 24.3. The molecule has 1 amide bonds. The van der Waals surface area contributed by atoms with Crippen LogP contribution in [0.2, 0.25) is 0 Å². The van der Waals surface area contributed by atoms with Crippen molar-refractivity contribution in [2.75, 3.05) is 24.6 Å². The second-order valence-corrected chi connectivity index (χ2v) is 10.6. The summed E-state index contributed by atoms with van der Waals surface area (Å²) in [5.41, 5.74) is -0.118. The number of carbonyl (C=O) groups excluding carboxylic acids is 1. The van der Waals surface area contributed by atoms with Gasteiger partial charge in [0.05, 0.1) is 24.3 Å². The largest absolute Gasteiger partial charge is 0.492 e. The minimum Gasteiger partial charge on any atom is -0.492 e. The topological polar surface area (TPSA) is 130 Å². The Labute approximate surface area is 194 Å². The Bertz CT molecular complexity index is 1310. The van der Waals surface area contributed by atoms with Crippen molar-refractivity contribution in [2.24, 2.45) is 11.8 Å². The third-order valence-corrected chi connectivity index (χ3v) is 8.50.